The smallest absolute Gasteiger partial charge is 0.154 e. The second kappa shape index (κ2) is 6.31. The fraction of sp³-hybridized carbons (Fsp3) is 0.105. The third-order valence-corrected chi connectivity index (χ3v) is 3.58. The Morgan fingerprint density at radius 2 is 1.82 bits per heavy atom. The quantitative estimate of drug-likeness (QED) is 0.660. The molecule has 22 heavy (non-hydrogen) atoms. The zero-order valence-corrected chi connectivity index (χ0v) is 12.3. The second-order valence-electron chi connectivity index (χ2n) is 4.96. The van der Waals surface area contributed by atoms with Crippen LogP contribution < -0.4 is 9.47 Å². The fourth-order valence-corrected chi connectivity index (χ4v) is 2.42. The number of rotatable bonds is 5. The minimum Gasteiger partial charge on any atom is -0.497 e. The number of hydrogen-bond acceptors (Lipinski definition) is 3. The minimum absolute atomic E-state index is 0.434. The Labute approximate surface area is 129 Å². The number of hydrogen-bond donors (Lipinski definition) is 0. The highest BCUT2D eigenvalue weighted by molar-refractivity contribution is 6.01. The lowest BCUT2D eigenvalue weighted by molar-refractivity contribution is 0.112. The second-order valence-corrected chi connectivity index (χ2v) is 4.96. The van der Waals surface area contributed by atoms with E-state index in [4.69, 9.17) is 9.47 Å². The summed E-state index contributed by atoms with van der Waals surface area (Å²) in [6.07, 6.45) is 0.842. The van der Waals surface area contributed by atoms with Crippen LogP contribution in [-0.4, -0.2) is 13.4 Å². The van der Waals surface area contributed by atoms with Gasteiger partial charge in [0.1, 0.15) is 18.1 Å². The lowest BCUT2D eigenvalue weighted by atomic mass is 10.0. The average molecular weight is 292 g/mol. The van der Waals surface area contributed by atoms with Crippen molar-refractivity contribution >= 4 is 17.1 Å². The van der Waals surface area contributed by atoms with Crippen LogP contribution in [0.4, 0.5) is 0 Å². The van der Waals surface area contributed by atoms with Gasteiger partial charge in [-0.15, -0.1) is 0 Å². The van der Waals surface area contributed by atoms with Gasteiger partial charge in [-0.3, -0.25) is 4.79 Å². The number of carbonyl (C=O) groups is 1. The van der Waals surface area contributed by atoms with E-state index >= 15 is 0 Å². The van der Waals surface area contributed by atoms with E-state index in [1.807, 2.05) is 60.7 Å². The Kier molecular flexibility index (Phi) is 4.05. The van der Waals surface area contributed by atoms with Gasteiger partial charge in [-0.1, -0.05) is 36.4 Å². The van der Waals surface area contributed by atoms with Gasteiger partial charge in [0.15, 0.2) is 6.29 Å². The summed E-state index contributed by atoms with van der Waals surface area (Å²) in [6, 6.07) is 19.3. The highest BCUT2D eigenvalue weighted by atomic mass is 16.5. The molecule has 3 nitrogen and oxygen atoms in total. The first-order chi connectivity index (χ1) is 10.8. The molecule has 0 atom stereocenters. The van der Waals surface area contributed by atoms with E-state index < -0.39 is 0 Å². The number of aldehydes is 1. The molecule has 0 saturated heterocycles. The van der Waals surface area contributed by atoms with Crippen molar-refractivity contribution in [1.29, 1.82) is 0 Å². The molecule has 0 aliphatic carbocycles. The van der Waals surface area contributed by atoms with Gasteiger partial charge < -0.3 is 9.47 Å². The Hall–Kier alpha value is -2.81. The summed E-state index contributed by atoms with van der Waals surface area (Å²) in [5.41, 5.74) is 1.63. The van der Waals surface area contributed by atoms with E-state index in [1.54, 1.807) is 7.11 Å². The summed E-state index contributed by atoms with van der Waals surface area (Å²) in [6.45, 7) is 0.434. The van der Waals surface area contributed by atoms with E-state index in [1.165, 1.54) is 0 Å². The molecule has 0 radical (unpaired) electrons. The number of methoxy groups -OCH3 is 1. The summed E-state index contributed by atoms with van der Waals surface area (Å²) in [7, 11) is 1.62. The maximum absolute atomic E-state index is 11.5. The van der Waals surface area contributed by atoms with Crippen LogP contribution >= 0.6 is 0 Å². The van der Waals surface area contributed by atoms with Crippen molar-refractivity contribution in [2.75, 3.05) is 7.11 Å². The molecule has 0 aliphatic heterocycles. The van der Waals surface area contributed by atoms with E-state index in [9.17, 15) is 4.79 Å². The van der Waals surface area contributed by atoms with Crippen LogP contribution in [0.15, 0.2) is 60.7 Å². The molecule has 0 saturated carbocycles. The molecule has 0 fully saturated rings. The van der Waals surface area contributed by atoms with E-state index in [0.29, 0.717) is 17.9 Å². The third kappa shape index (κ3) is 2.79. The van der Waals surface area contributed by atoms with Crippen LogP contribution in [0.25, 0.3) is 10.8 Å². The Balaban J connectivity index is 1.94. The van der Waals surface area contributed by atoms with Crippen LogP contribution in [0.3, 0.4) is 0 Å². The maximum Gasteiger partial charge on any atom is 0.154 e. The average Bonchev–Trinajstić information content (AvgIpc) is 2.59. The first-order valence-corrected chi connectivity index (χ1v) is 7.04. The molecular weight excluding hydrogens is 276 g/mol. The van der Waals surface area contributed by atoms with Crippen LogP contribution in [0.1, 0.15) is 15.9 Å². The molecule has 3 rings (SSSR count). The molecule has 0 unspecified atom stereocenters. The van der Waals surface area contributed by atoms with Crippen molar-refractivity contribution in [3.05, 3.63) is 71.8 Å². The van der Waals surface area contributed by atoms with E-state index in [2.05, 4.69) is 0 Å². The normalized spacial score (nSPS) is 10.4. The fourth-order valence-electron chi connectivity index (χ4n) is 2.42. The van der Waals surface area contributed by atoms with Gasteiger partial charge >= 0.3 is 0 Å². The minimum atomic E-state index is 0.434. The molecule has 0 N–H and O–H groups in total. The number of carbonyl (C=O) groups excluding carboxylic acids is 1. The van der Waals surface area contributed by atoms with Crippen molar-refractivity contribution < 1.29 is 14.3 Å². The lowest BCUT2D eigenvalue weighted by Gasteiger charge is -2.11. The highest BCUT2D eigenvalue weighted by Gasteiger charge is 2.09. The van der Waals surface area contributed by atoms with Crippen LogP contribution in [0.5, 0.6) is 11.5 Å². The molecule has 3 aromatic rings. The van der Waals surface area contributed by atoms with E-state index in [-0.39, 0.29) is 0 Å². The van der Waals surface area contributed by atoms with E-state index in [0.717, 1.165) is 28.4 Å². The van der Waals surface area contributed by atoms with Gasteiger partial charge in [-0.25, -0.2) is 0 Å². The molecule has 3 heteroatoms. The van der Waals surface area contributed by atoms with Crippen molar-refractivity contribution in [2.45, 2.75) is 6.61 Å². The molecular formula is C19H16O3. The zero-order chi connectivity index (χ0) is 15.4. The molecule has 0 heterocycles. The van der Waals surface area contributed by atoms with Crippen molar-refractivity contribution in [1.82, 2.24) is 0 Å². The molecule has 0 aliphatic rings. The van der Waals surface area contributed by atoms with Crippen LogP contribution in [0, 0.1) is 0 Å². The van der Waals surface area contributed by atoms with Crippen molar-refractivity contribution in [3.8, 4) is 11.5 Å². The molecule has 0 spiro atoms. The third-order valence-electron chi connectivity index (χ3n) is 3.58. The topological polar surface area (TPSA) is 35.5 Å². The first-order valence-electron chi connectivity index (χ1n) is 7.04. The van der Waals surface area contributed by atoms with Gasteiger partial charge in [-0.2, -0.15) is 0 Å². The predicted octanol–water partition coefficient (Wildman–Crippen LogP) is 4.24. The van der Waals surface area contributed by atoms with Gasteiger partial charge in [0.2, 0.25) is 0 Å². The largest absolute Gasteiger partial charge is 0.497 e. The van der Waals surface area contributed by atoms with Crippen molar-refractivity contribution in [3.63, 3.8) is 0 Å². The SMILES string of the molecule is COc1ccc2c(C=O)c(OCc3ccccc3)ccc2c1. The summed E-state index contributed by atoms with van der Waals surface area (Å²) in [4.78, 5) is 11.5. The zero-order valence-electron chi connectivity index (χ0n) is 12.3. The van der Waals surface area contributed by atoms with Crippen LogP contribution in [-0.2, 0) is 6.61 Å². The summed E-state index contributed by atoms with van der Waals surface area (Å²) < 4.78 is 11.0. The molecule has 0 amide bonds. The van der Waals surface area contributed by atoms with Gasteiger partial charge in [0.05, 0.1) is 12.7 Å². The number of ether oxygens (including phenoxy) is 2. The number of benzene rings is 3. The van der Waals surface area contributed by atoms with Gasteiger partial charge in [-0.05, 0) is 40.6 Å². The molecule has 0 bridgehead atoms. The molecule has 110 valence electrons. The highest BCUT2D eigenvalue weighted by Crippen LogP contribution is 2.29. The first kappa shape index (κ1) is 14.1. The standard InChI is InChI=1S/C19H16O3/c1-21-16-8-9-17-15(11-16)7-10-19(18(17)12-20)22-13-14-5-3-2-4-6-14/h2-12H,13H2,1H3. The molecule has 3 aromatic carbocycles. The van der Waals surface area contributed by atoms with Crippen LogP contribution in [0.2, 0.25) is 0 Å². The Bertz CT molecular complexity index is 794. The maximum atomic E-state index is 11.5. The number of fused-ring (bicyclic) bond motifs is 1. The lowest BCUT2D eigenvalue weighted by Crippen LogP contribution is -1.99. The van der Waals surface area contributed by atoms with Gasteiger partial charge in [0, 0.05) is 0 Å². The summed E-state index contributed by atoms with van der Waals surface area (Å²) in [5, 5.41) is 1.81. The Morgan fingerprint density at radius 1 is 1.00 bits per heavy atom. The summed E-state index contributed by atoms with van der Waals surface area (Å²) >= 11 is 0. The molecule has 0 aromatic heterocycles. The summed E-state index contributed by atoms with van der Waals surface area (Å²) in [5.74, 6) is 1.36. The monoisotopic (exact) mass is 292 g/mol. The predicted molar refractivity (Wildman–Crippen MR) is 86.7 cm³/mol. The van der Waals surface area contributed by atoms with Crippen molar-refractivity contribution in [2.24, 2.45) is 0 Å². The van der Waals surface area contributed by atoms with Gasteiger partial charge in [0.25, 0.3) is 0 Å². The Morgan fingerprint density at radius 3 is 2.55 bits per heavy atom.